The predicted octanol–water partition coefficient (Wildman–Crippen LogP) is 4.36. The number of thiazole rings is 1. The average molecular weight is 433 g/mol. The van der Waals surface area contributed by atoms with Crippen molar-refractivity contribution in [2.75, 3.05) is 12.4 Å². The summed E-state index contributed by atoms with van der Waals surface area (Å²) in [6, 6.07) is 9.85. The van der Waals surface area contributed by atoms with E-state index < -0.39 is 0 Å². The van der Waals surface area contributed by atoms with Crippen molar-refractivity contribution in [1.82, 2.24) is 25.3 Å². The maximum absolute atomic E-state index is 13.1. The largest absolute Gasteiger partial charge is 0.373 e. The van der Waals surface area contributed by atoms with Crippen molar-refractivity contribution in [2.45, 2.75) is 38.1 Å². The molecule has 158 valence electrons. The maximum Gasteiger partial charge on any atom is 0.263 e. The van der Waals surface area contributed by atoms with Crippen molar-refractivity contribution in [3.05, 3.63) is 69.7 Å². The lowest BCUT2D eigenvalue weighted by molar-refractivity contribution is 0.0939. The number of nitrogens with one attached hydrogen (secondary N) is 3. The van der Waals surface area contributed by atoms with Gasteiger partial charge in [0, 0.05) is 42.6 Å². The number of fused-ring (bicyclic) bond motifs is 1. The van der Waals surface area contributed by atoms with E-state index in [1.165, 1.54) is 11.3 Å². The van der Waals surface area contributed by atoms with E-state index in [0.29, 0.717) is 17.2 Å². The third-order valence-corrected chi connectivity index (χ3v) is 6.60. The third-order valence-electron chi connectivity index (χ3n) is 5.67. The van der Waals surface area contributed by atoms with Crippen LogP contribution in [0.25, 0.3) is 10.9 Å². The van der Waals surface area contributed by atoms with Gasteiger partial charge in [0.15, 0.2) is 0 Å². The summed E-state index contributed by atoms with van der Waals surface area (Å²) in [5.74, 6) is 1.93. The van der Waals surface area contributed by atoms with Gasteiger partial charge in [-0.3, -0.25) is 4.79 Å². The van der Waals surface area contributed by atoms with Gasteiger partial charge < -0.3 is 15.6 Å². The number of hydrogen-bond donors (Lipinski definition) is 3. The van der Waals surface area contributed by atoms with Crippen LogP contribution in [0.5, 0.6) is 0 Å². The number of aromatic nitrogens is 4. The molecule has 0 bridgehead atoms. The molecule has 0 saturated heterocycles. The lowest BCUT2D eigenvalue weighted by Gasteiger charge is -2.19. The van der Waals surface area contributed by atoms with E-state index in [1.807, 2.05) is 38.4 Å². The molecule has 8 heteroatoms. The molecule has 7 nitrogen and oxygen atoms in total. The molecule has 31 heavy (non-hydrogen) atoms. The third kappa shape index (κ3) is 4.03. The Morgan fingerprint density at radius 2 is 2.13 bits per heavy atom. The van der Waals surface area contributed by atoms with Crippen LogP contribution in [0, 0.1) is 6.92 Å². The molecule has 3 N–H and O–H groups in total. The molecule has 0 radical (unpaired) electrons. The molecule has 3 aromatic heterocycles. The molecule has 1 atom stereocenters. The molecule has 1 saturated carbocycles. The molecule has 1 amide bonds. The summed E-state index contributed by atoms with van der Waals surface area (Å²) in [4.78, 5) is 30.8. The Labute approximate surface area is 184 Å². The number of aromatic amines is 1. The molecule has 5 rings (SSSR count). The van der Waals surface area contributed by atoms with Crippen LogP contribution in [0.3, 0.4) is 0 Å². The highest BCUT2D eigenvalue weighted by atomic mass is 32.1. The van der Waals surface area contributed by atoms with Crippen LogP contribution in [0.4, 0.5) is 5.82 Å². The Balaban J connectivity index is 1.53. The highest BCUT2D eigenvalue weighted by Crippen LogP contribution is 2.39. The first kappa shape index (κ1) is 19.7. The van der Waals surface area contributed by atoms with E-state index in [4.69, 9.17) is 4.98 Å². The molecule has 1 unspecified atom stereocenters. The zero-order valence-corrected chi connectivity index (χ0v) is 18.3. The lowest BCUT2D eigenvalue weighted by Crippen LogP contribution is -2.31. The minimum absolute atomic E-state index is 0.123. The Hall–Kier alpha value is -3.26. The maximum atomic E-state index is 13.1. The molecular formula is C23H24N6OS. The van der Waals surface area contributed by atoms with E-state index in [9.17, 15) is 4.79 Å². The number of H-pyrrole nitrogens is 1. The SMILES string of the molecule is CNc1cc(C(Cc2c[nH]c3ccccc23)NC(=O)c2scnc2C)nc(C2CC2)n1. The summed E-state index contributed by atoms with van der Waals surface area (Å²) in [5.41, 5.74) is 5.49. The van der Waals surface area contributed by atoms with Crippen LogP contribution in [-0.4, -0.2) is 32.9 Å². The molecule has 3 heterocycles. The summed E-state index contributed by atoms with van der Waals surface area (Å²) in [6.45, 7) is 1.86. The number of para-hydroxylation sites is 1. The van der Waals surface area contributed by atoms with Crippen molar-refractivity contribution in [1.29, 1.82) is 0 Å². The second-order valence-corrected chi connectivity index (χ2v) is 8.77. The fraction of sp³-hybridized carbons (Fsp3) is 0.304. The highest BCUT2D eigenvalue weighted by Gasteiger charge is 2.29. The Morgan fingerprint density at radius 3 is 2.87 bits per heavy atom. The van der Waals surface area contributed by atoms with Crippen LogP contribution >= 0.6 is 11.3 Å². The van der Waals surface area contributed by atoms with Crippen molar-refractivity contribution in [2.24, 2.45) is 0 Å². The number of benzene rings is 1. The van der Waals surface area contributed by atoms with Crippen molar-refractivity contribution in [3.8, 4) is 0 Å². The van der Waals surface area contributed by atoms with Gasteiger partial charge in [0.1, 0.15) is 16.5 Å². The number of rotatable bonds is 7. The van der Waals surface area contributed by atoms with E-state index in [0.717, 1.165) is 52.3 Å². The van der Waals surface area contributed by atoms with Crippen molar-refractivity contribution < 1.29 is 4.79 Å². The summed E-state index contributed by atoms with van der Waals surface area (Å²) in [7, 11) is 1.86. The topological polar surface area (TPSA) is 95.6 Å². The summed E-state index contributed by atoms with van der Waals surface area (Å²) < 4.78 is 0. The van der Waals surface area contributed by atoms with Gasteiger partial charge in [-0.25, -0.2) is 15.0 Å². The smallest absolute Gasteiger partial charge is 0.263 e. The second-order valence-electron chi connectivity index (χ2n) is 7.92. The van der Waals surface area contributed by atoms with Gasteiger partial charge in [-0.15, -0.1) is 11.3 Å². The van der Waals surface area contributed by atoms with Crippen LogP contribution < -0.4 is 10.6 Å². The lowest BCUT2D eigenvalue weighted by atomic mass is 10.0. The number of carbonyl (C=O) groups is 1. The van der Waals surface area contributed by atoms with E-state index in [-0.39, 0.29) is 11.9 Å². The molecule has 1 fully saturated rings. The summed E-state index contributed by atoms with van der Waals surface area (Å²) in [5, 5.41) is 7.52. The quantitative estimate of drug-likeness (QED) is 0.403. The number of nitrogens with zero attached hydrogens (tertiary/aromatic N) is 3. The van der Waals surface area contributed by atoms with Crippen LogP contribution in [0.1, 0.15) is 57.2 Å². The number of amides is 1. The summed E-state index contributed by atoms with van der Waals surface area (Å²) in [6.07, 6.45) is 4.87. The Kier molecular flexibility index (Phi) is 5.15. The predicted molar refractivity (Wildman–Crippen MR) is 123 cm³/mol. The van der Waals surface area contributed by atoms with Gasteiger partial charge in [0.05, 0.1) is 22.9 Å². The number of anilines is 1. The molecule has 0 spiro atoms. The first-order chi connectivity index (χ1) is 15.1. The van der Waals surface area contributed by atoms with E-state index >= 15 is 0 Å². The molecular weight excluding hydrogens is 408 g/mol. The number of carbonyl (C=O) groups excluding carboxylic acids is 1. The van der Waals surface area contributed by atoms with E-state index in [1.54, 1.807) is 5.51 Å². The fourth-order valence-corrected chi connectivity index (χ4v) is 4.52. The van der Waals surface area contributed by atoms with Crippen molar-refractivity contribution >= 4 is 34.0 Å². The zero-order valence-electron chi connectivity index (χ0n) is 17.5. The fourth-order valence-electron chi connectivity index (χ4n) is 3.81. The molecule has 1 aliphatic rings. The number of hydrogen-bond acceptors (Lipinski definition) is 6. The van der Waals surface area contributed by atoms with Crippen molar-refractivity contribution in [3.63, 3.8) is 0 Å². The first-order valence-corrected chi connectivity index (χ1v) is 11.3. The second kappa shape index (κ2) is 8.11. The molecule has 1 aliphatic carbocycles. The number of aryl methyl sites for hydroxylation is 1. The Bertz CT molecular complexity index is 1240. The molecule has 4 aromatic rings. The van der Waals surface area contributed by atoms with E-state index in [2.05, 4.69) is 37.7 Å². The van der Waals surface area contributed by atoms with Gasteiger partial charge in [0.2, 0.25) is 0 Å². The average Bonchev–Trinajstić information content (AvgIpc) is 3.44. The van der Waals surface area contributed by atoms with Crippen LogP contribution in [0.2, 0.25) is 0 Å². The monoisotopic (exact) mass is 432 g/mol. The highest BCUT2D eigenvalue weighted by molar-refractivity contribution is 7.11. The van der Waals surface area contributed by atoms with Gasteiger partial charge in [-0.05, 0) is 31.4 Å². The zero-order chi connectivity index (χ0) is 21.4. The molecule has 0 aliphatic heterocycles. The van der Waals surface area contributed by atoms with Crippen LogP contribution in [0.15, 0.2) is 42.0 Å². The van der Waals surface area contributed by atoms with Crippen LogP contribution in [-0.2, 0) is 6.42 Å². The van der Waals surface area contributed by atoms with Gasteiger partial charge in [0.25, 0.3) is 5.91 Å². The van der Waals surface area contributed by atoms with Gasteiger partial charge in [-0.1, -0.05) is 18.2 Å². The summed E-state index contributed by atoms with van der Waals surface area (Å²) >= 11 is 1.36. The Morgan fingerprint density at radius 1 is 1.29 bits per heavy atom. The molecule has 1 aromatic carbocycles. The standard InChI is InChI=1S/C23H24N6OS/c1-13-21(31-12-26-13)23(30)28-18(9-15-11-25-17-6-4-3-5-16(15)17)19-10-20(24-2)29-22(27-19)14-7-8-14/h3-6,10-12,14,18,25H,7-9H2,1-2H3,(H,28,30)(H,24,27,29). The normalized spacial score (nSPS) is 14.5. The minimum atomic E-state index is -0.291. The van der Waals surface area contributed by atoms with Gasteiger partial charge >= 0.3 is 0 Å². The minimum Gasteiger partial charge on any atom is -0.373 e. The first-order valence-electron chi connectivity index (χ1n) is 10.4. The van der Waals surface area contributed by atoms with Gasteiger partial charge in [-0.2, -0.15) is 0 Å².